The molecule has 138 valence electrons. The van der Waals surface area contributed by atoms with Crippen LogP contribution in [0.5, 0.6) is 0 Å². The Hall–Kier alpha value is -3.19. The minimum atomic E-state index is -2.18. The fourth-order valence-electron chi connectivity index (χ4n) is 3.82. The molecule has 0 unspecified atom stereocenters. The number of rotatable bonds is 3. The average molecular weight is 368 g/mol. The first-order chi connectivity index (χ1) is 14.8. The molecule has 1 heteroatoms. The van der Waals surface area contributed by atoms with Crippen LogP contribution in [0.25, 0.3) is 33.5 Å². The smallest absolute Gasteiger partial charge is 0.201 e. The fraction of sp³-hybridized carbons (Fsp3) is 0.148. The zero-order valence-corrected chi connectivity index (χ0v) is 16.5. The third-order valence-electron chi connectivity index (χ3n) is 5.28. The predicted octanol–water partition coefficient (Wildman–Crippen LogP) is 6.44. The van der Waals surface area contributed by atoms with Gasteiger partial charge in [-0.15, -0.1) is 0 Å². The van der Waals surface area contributed by atoms with E-state index in [-0.39, 0.29) is 0 Å². The SMILES string of the molecule is [2H]C([2H])([2H])c1cc(C)c(-c2cc(-c3ccccc3)c(C)c[n+]2C)cc1-c1ccccc1. The van der Waals surface area contributed by atoms with E-state index in [2.05, 4.69) is 35.9 Å². The van der Waals surface area contributed by atoms with E-state index < -0.39 is 6.85 Å². The quantitative estimate of drug-likeness (QED) is 0.367. The molecule has 28 heavy (non-hydrogen) atoms. The molecule has 1 nitrogen and oxygen atoms in total. The molecule has 0 bridgehead atoms. The Morgan fingerprint density at radius 2 is 1.21 bits per heavy atom. The van der Waals surface area contributed by atoms with Crippen molar-refractivity contribution in [1.82, 2.24) is 0 Å². The van der Waals surface area contributed by atoms with Gasteiger partial charge in [-0.2, -0.15) is 0 Å². The maximum absolute atomic E-state index is 8.08. The summed E-state index contributed by atoms with van der Waals surface area (Å²) >= 11 is 0. The summed E-state index contributed by atoms with van der Waals surface area (Å²) in [6.45, 7) is 1.92. The third kappa shape index (κ3) is 3.36. The first kappa shape index (κ1) is 14.8. The van der Waals surface area contributed by atoms with Gasteiger partial charge in [0, 0.05) is 21.3 Å². The predicted molar refractivity (Wildman–Crippen MR) is 118 cm³/mol. The second-order valence-corrected chi connectivity index (χ2v) is 7.31. The van der Waals surface area contributed by atoms with Crippen LogP contribution in [0.1, 0.15) is 20.8 Å². The zero-order chi connectivity index (χ0) is 22.2. The average Bonchev–Trinajstić information content (AvgIpc) is 2.75. The van der Waals surface area contributed by atoms with Crippen molar-refractivity contribution in [3.63, 3.8) is 0 Å². The van der Waals surface area contributed by atoms with Gasteiger partial charge in [-0.25, -0.2) is 4.57 Å². The fourth-order valence-corrected chi connectivity index (χ4v) is 3.82. The highest BCUT2D eigenvalue weighted by molar-refractivity contribution is 5.78. The maximum atomic E-state index is 8.08. The van der Waals surface area contributed by atoms with Crippen LogP contribution >= 0.6 is 0 Å². The third-order valence-corrected chi connectivity index (χ3v) is 5.28. The van der Waals surface area contributed by atoms with Crippen molar-refractivity contribution in [2.24, 2.45) is 7.05 Å². The van der Waals surface area contributed by atoms with Gasteiger partial charge in [0.1, 0.15) is 7.05 Å². The number of benzene rings is 3. The molecule has 3 aromatic carbocycles. The summed E-state index contributed by atoms with van der Waals surface area (Å²) in [5.74, 6) is 0. The molecule has 0 N–H and O–H groups in total. The van der Waals surface area contributed by atoms with Crippen molar-refractivity contribution in [1.29, 1.82) is 0 Å². The van der Waals surface area contributed by atoms with Gasteiger partial charge in [0.05, 0.1) is 0 Å². The number of hydrogen-bond donors (Lipinski definition) is 0. The number of pyridine rings is 1. The van der Waals surface area contributed by atoms with E-state index in [1.54, 1.807) is 0 Å². The van der Waals surface area contributed by atoms with E-state index in [9.17, 15) is 0 Å². The Morgan fingerprint density at radius 1 is 0.643 bits per heavy atom. The summed E-state index contributed by atoms with van der Waals surface area (Å²) in [5.41, 5.74) is 8.62. The molecule has 0 saturated carbocycles. The summed E-state index contributed by atoms with van der Waals surface area (Å²) in [7, 11) is 2.04. The molecule has 1 aromatic heterocycles. The summed E-state index contributed by atoms with van der Waals surface area (Å²) < 4.78 is 26.4. The van der Waals surface area contributed by atoms with Crippen molar-refractivity contribution < 1.29 is 8.68 Å². The van der Waals surface area contributed by atoms with Gasteiger partial charge in [-0.3, -0.25) is 0 Å². The van der Waals surface area contributed by atoms with E-state index in [1.807, 2.05) is 74.6 Å². The molecule has 0 fully saturated rings. The molecular formula is C27H26N+. The first-order valence-electron chi connectivity index (χ1n) is 11.0. The number of nitrogens with zero attached hydrogens (tertiary/aromatic N) is 1. The second-order valence-electron chi connectivity index (χ2n) is 7.31. The molecule has 0 aliphatic rings. The lowest BCUT2D eigenvalue weighted by Gasteiger charge is -2.13. The van der Waals surface area contributed by atoms with Crippen molar-refractivity contribution in [3.05, 3.63) is 102 Å². The lowest BCUT2D eigenvalue weighted by Crippen LogP contribution is -2.31. The highest BCUT2D eigenvalue weighted by Crippen LogP contribution is 2.33. The Bertz CT molecular complexity index is 1230. The molecule has 0 aliphatic carbocycles. The molecule has 0 atom stereocenters. The molecule has 0 amide bonds. The van der Waals surface area contributed by atoms with Crippen LogP contribution in [0.2, 0.25) is 0 Å². The topological polar surface area (TPSA) is 3.88 Å². The zero-order valence-electron chi connectivity index (χ0n) is 19.5. The van der Waals surface area contributed by atoms with Crippen LogP contribution in [0.3, 0.4) is 0 Å². The van der Waals surface area contributed by atoms with Crippen molar-refractivity contribution in [2.45, 2.75) is 20.7 Å². The summed E-state index contributed by atoms with van der Waals surface area (Å²) in [6.07, 6.45) is 2.14. The van der Waals surface area contributed by atoms with E-state index in [0.717, 1.165) is 27.9 Å². The van der Waals surface area contributed by atoms with Crippen LogP contribution < -0.4 is 4.57 Å². The largest absolute Gasteiger partial charge is 0.213 e. The lowest BCUT2D eigenvalue weighted by molar-refractivity contribution is -0.660. The van der Waals surface area contributed by atoms with Crippen molar-refractivity contribution >= 4 is 0 Å². The summed E-state index contributed by atoms with van der Waals surface area (Å²) in [6, 6.07) is 26.2. The minimum absolute atomic E-state index is 0.387. The van der Waals surface area contributed by atoms with Crippen LogP contribution in [0.15, 0.2) is 85.1 Å². The van der Waals surface area contributed by atoms with Crippen LogP contribution in [-0.4, -0.2) is 0 Å². The molecular weight excluding hydrogens is 338 g/mol. The van der Waals surface area contributed by atoms with Crippen LogP contribution in [0, 0.1) is 20.7 Å². The Balaban J connectivity index is 1.97. The van der Waals surface area contributed by atoms with Gasteiger partial charge in [-0.05, 0) is 60.1 Å². The second kappa shape index (κ2) is 7.44. The molecule has 0 spiro atoms. The standard InChI is InChI=1S/C27H26N/c1-19-15-20(2)26(16-24(19)22-11-7-5-8-12-22)27-17-25(21(3)18-28(27)4)23-13-9-6-10-14-23/h5-18H,1-4H3/q+1/i1D3. The Morgan fingerprint density at radius 3 is 1.79 bits per heavy atom. The molecule has 4 rings (SSSR count). The lowest BCUT2D eigenvalue weighted by atomic mass is 9.92. The van der Waals surface area contributed by atoms with Gasteiger partial charge in [-0.1, -0.05) is 66.7 Å². The van der Waals surface area contributed by atoms with Gasteiger partial charge >= 0.3 is 0 Å². The van der Waals surface area contributed by atoms with E-state index in [0.29, 0.717) is 5.56 Å². The van der Waals surface area contributed by atoms with Gasteiger partial charge < -0.3 is 0 Å². The van der Waals surface area contributed by atoms with E-state index in [4.69, 9.17) is 4.11 Å². The highest BCUT2D eigenvalue weighted by atomic mass is 14.9. The van der Waals surface area contributed by atoms with E-state index in [1.165, 1.54) is 16.7 Å². The van der Waals surface area contributed by atoms with Gasteiger partial charge in [0.25, 0.3) is 0 Å². The van der Waals surface area contributed by atoms with Crippen molar-refractivity contribution in [3.8, 4) is 33.5 Å². The number of aryl methyl sites for hydroxylation is 4. The Kier molecular flexibility index (Phi) is 3.94. The maximum Gasteiger partial charge on any atom is 0.213 e. The monoisotopic (exact) mass is 367 g/mol. The number of hydrogen-bond acceptors (Lipinski definition) is 0. The first-order valence-corrected chi connectivity index (χ1v) is 9.52. The van der Waals surface area contributed by atoms with Crippen LogP contribution in [-0.2, 0) is 7.05 Å². The molecule has 1 heterocycles. The normalized spacial score (nSPS) is 12.9. The summed E-state index contributed by atoms with van der Waals surface area (Å²) in [4.78, 5) is 0. The Labute approximate surface area is 172 Å². The summed E-state index contributed by atoms with van der Waals surface area (Å²) in [5, 5.41) is 0. The van der Waals surface area contributed by atoms with E-state index >= 15 is 0 Å². The molecule has 0 aliphatic heterocycles. The van der Waals surface area contributed by atoms with Crippen LogP contribution in [0.4, 0.5) is 0 Å². The highest BCUT2D eigenvalue weighted by Gasteiger charge is 2.18. The van der Waals surface area contributed by atoms with Crippen molar-refractivity contribution in [2.75, 3.05) is 0 Å². The molecule has 0 radical (unpaired) electrons. The number of aromatic nitrogens is 1. The molecule has 4 aromatic rings. The minimum Gasteiger partial charge on any atom is -0.201 e. The van der Waals surface area contributed by atoms with Gasteiger partial charge in [0.2, 0.25) is 5.69 Å². The molecule has 0 saturated heterocycles. The van der Waals surface area contributed by atoms with Gasteiger partial charge in [0.15, 0.2) is 6.20 Å².